The summed E-state index contributed by atoms with van der Waals surface area (Å²) in [5.41, 5.74) is 1.72. The molecule has 162 valence electrons. The summed E-state index contributed by atoms with van der Waals surface area (Å²) in [4.78, 5) is 25.9. The maximum atomic E-state index is 12.6. The molecule has 1 N–H and O–H groups in total. The Bertz CT molecular complexity index is 833. The highest BCUT2D eigenvalue weighted by atomic mass is 16.5. The summed E-state index contributed by atoms with van der Waals surface area (Å²) in [6, 6.07) is 9.28. The Morgan fingerprint density at radius 1 is 1.10 bits per heavy atom. The van der Waals surface area contributed by atoms with Gasteiger partial charge in [-0.15, -0.1) is 0 Å². The molecule has 8 nitrogen and oxygen atoms in total. The fraction of sp³-hybridized carbons (Fsp3) is 0.500. The summed E-state index contributed by atoms with van der Waals surface area (Å²) in [6.07, 6.45) is 0. The van der Waals surface area contributed by atoms with Gasteiger partial charge in [0, 0.05) is 56.7 Å². The van der Waals surface area contributed by atoms with Crippen LogP contribution < -0.4 is 15.0 Å². The number of hydrogen-bond donors (Lipinski definition) is 1. The minimum atomic E-state index is -0.0931. The normalized spacial score (nSPS) is 14.2. The molecule has 0 radical (unpaired) electrons. The van der Waals surface area contributed by atoms with Crippen molar-refractivity contribution in [1.29, 1.82) is 0 Å². The first-order chi connectivity index (χ1) is 14.5. The maximum absolute atomic E-state index is 12.6. The zero-order valence-electron chi connectivity index (χ0n) is 18.2. The van der Waals surface area contributed by atoms with Crippen LogP contribution in [0, 0.1) is 6.92 Å². The van der Waals surface area contributed by atoms with E-state index in [0.717, 1.165) is 41.9 Å². The molecule has 2 heterocycles. The first-order valence-corrected chi connectivity index (χ1v) is 10.3. The number of aryl methyl sites for hydroxylation is 1. The molecule has 0 spiro atoms. The second-order valence-electron chi connectivity index (χ2n) is 7.65. The first kappa shape index (κ1) is 21.8. The van der Waals surface area contributed by atoms with Crippen LogP contribution in [-0.4, -0.2) is 67.4 Å². The third-order valence-electron chi connectivity index (χ3n) is 4.93. The van der Waals surface area contributed by atoms with E-state index in [9.17, 15) is 4.79 Å². The molecule has 1 aliphatic heterocycles. The molecule has 0 bridgehead atoms. The highest BCUT2D eigenvalue weighted by Crippen LogP contribution is 2.20. The molecule has 1 aromatic carbocycles. The lowest BCUT2D eigenvalue weighted by Crippen LogP contribution is -2.50. The summed E-state index contributed by atoms with van der Waals surface area (Å²) >= 11 is 0. The third kappa shape index (κ3) is 5.82. The van der Waals surface area contributed by atoms with E-state index in [2.05, 4.69) is 29.0 Å². The zero-order valence-corrected chi connectivity index (χ0v) is 18.2. The van der Waals surface area contributed by atoms with Gasteiger partial charge in [0.2, 0.25) is 0 Å². The van der Waals surface area contributed by atoms with Gasteiger partial charge in [-0.3, -0.25) is 0 Å². The molecule has 2 amide bonds. The van der Waals surface area contributed by atoms with Gasteiger partial charge in [0.25, 0.3) is 0 Å². The number of carbonyl (C=O) groups is 1. The van der Waals surface area contributed by atoms with Crippen LogP contribution in [0.2, 0.25) is 0 Å². The molecule has 1 aliphatic rings. The Labute approximate surface area is 178 Å². The maximum Gasteiger partial charge on any atom is 0.321 e. The highest BCUT2D eigenvalue weighted by molar-refractivity contribution is 5.89. The molecule has 0 unspecified atom stereocenters. The van der Waals surface area contributed by atoms with Crippen LogP contribution >= 0.6 is 0 Å². The molecular weight excluding hydrogens is 382 g/mol. The number of methoxy groups -OCH3 is 1. The van der Waals surface area contributed by atoms with Gasteiger partial charge in [-0.05, 0) is 31.2 Å². The molecule has 30 heavy (non-hydrogen) atoms. The number of aromatic nitrogens is 2. The van der Waals surface area contributed by atoms with Gasteiger partial charge in [0.05, 0.1) is 6.61 Å². The van der Waals surface area contributed by atoms with Crippen molar-refractivity contribution in [1.82, 2.24) is 14.9 Å². The van der Waals surface area contributed by atoms with Gasteiger partial charge in [-0.2, -0.15) is 0 Å². The van der Waals surface area contributed by atoms with Crippen molar-refractivity contribution in [2.45, 2.75) is 26.7 Å². The largest absolute Gasteiger partial charge is 0.491 e. The number of urea groups is 1. The lowest BCUT2D eigenvalue weighted by atomic mass is 10.2. The van der Waals surface area contributed by atoms with Crippen LogP contribution in [0.5, 0.6) is 5.75 Å². The average molecular weight is 414 g/mol. The van der Waals surface area contributed by atoms with Crippen molar-refractivity contribution in [3.8, 4) is 5.75 Å². The van der Waals surface area contributed by atoms with Gasteiger partial charge < -0.3 is 24.6 Å². The minimum Gasteiger partial charge on any atom is -0.491 e. The van der Waals surface area contributed by atoms with Gasteiger partial charge in [0.1, 0.15) is 24.0 Å². The smallest absolute Gasteiger partial charge is 0.321 e. The van der Waals surface area contributed by atoms with E-state index in [-0.39, 0.29) is 11.9 Å². The van der Waals surface area contributed by atoms with Crippen molar-refractivity contribution in [2.24, 2.45) is 0 Å². The van der Waals surface area contributed by atoms with Crippen LogP contribution in [-0.2, 0) is 4.74 Å². The van der Waals surface area contributed by atoms with Crippen LogP contribution in [0.3, 0.4) is 0 Å². The van der Waals surface area contributed by atoms with Crippen molar-refractivity contribution < 1.29 is 14.3 Å². The Morgan fingerprint density at radius 3 is 2.43 bits per heavy atom. The summed E-state index contributed by atoms with van der Waals surface area (Å²) in [5.74, 6) is 2.84. The number of amides is 2. The van der Waals surface area contributed by atoms with Crippen molar-refractivity contribution >= 4 is 17.5 Å². The number of benzene rings is 1. The second kappa shape index (κ2) is 10.2. The van der Waals surface area contributed by atoms with Crippen molar-refractivity contribution in [3.63, 3.8) is 0 Å². The summed E-state index contributed by atoms with van der Waals surface area (Å²) < 4.78 is 10.5. The Kier molecular flexibility index (Phi) is 7.46. The van der Waals surface area contributed by atoms with E-state index >= 15 is 0 Å². The minimum absolute atomic E-state index is 0.0931. The van der Waals surface area contributed by atoms with Crippen molar-refractivity contribution in [3.05, 3.63) is 41.9 Å². The summed E-state index contributed by atoms with van der Waals surface area (Å²) in [6.45, 7) is 10.00. The third-order valence-corrected chi connectivity index (χ3v) is 4.93. The van der Waals surface area contributed by atoms with Crippen LogP contribution in [0.25, 0.3) is 0 Å². The van der Waals surface area contributed by atoms with E-state index in [1.807, 2.05) is 42.2 Å². The van der Waals surface area contributed by atoms with Crippen molar-refractivity contribution in [2.75, 3.05) is 56.7 Å². The highest BCUT2D eigenvalue weighted by Gasteiger charge is 2.23. The number of anilines is 2. The van der Waals surface area contributed by atoms with Gasteiger partial charge in [0.15, 0.2) is 0 Å². The van der Waals surface area contributed by atoms with Crippen LogP contribution in [0.4, 0.5) is 16.3 Å². The first-order valence-electron chi connectivity index (χ1n) is 10.3. The SMILES string of the molecule is COCCOc1ccc(NC(=O)N2CCN(c3cc(C)nc(C(C)C)n3)CC2)cc1. The predicted octanol–water partition coefficient (Wildman–Crippen LogP) is 3.29. The van der Waals surface area contributed by atoms with E-state index in [4.69, 9.17) is 14.5 Å². The lowest BCUT2D eigenvalue weighted by molar-refractivity contribution is 0.146. The van der Waals surface area contributed by atoms with Gasteiger partial charge >= 0.3 is 6.03 Å². The molecule has 0 atom stereocenters. The number of piperazine rings is 1. The molecule has 1 aromatic heterocycles. The van der Waals surface area contributed by atoms with E-state index in [1.165, 1.54) is 0 Å². The summed E-state index contributed by atoms with van der Waals surface area (Å²) in [7, 11) is 1.64. The molecule has 3 rings (SSSR count). The number of ether oxygens (including phenoxy) is 2. The van der Waals surface area contributed by atoms with Gasteiger partial charge in [-0.1, -0.05) is 13.8 Å². The molecule has 1 saturated heterocycles. The van der Waals surface area contributed by atoms with Crippen LogP contribution in [0.15, 0.2) is 30.3 Å². The Balaban J connectivity index is 1.52. The number of nitrogens with zero attached hydrogens (tertiary/aromatic N) is 4. The van der Waals surface area contributed by atoms with Crippen LogP contribution in [0.1, 0.15) is 31.3 Å². The topological polar surface area (TPSA) is 79.8 Å². The number of nitrogens with one attached hydrogen (secondary N) is 1. The molecule has 0 aliphatic carbocycles. The van der Waals surface area contributed by atoms with E-state index < -0.39 is 0 Å². The van der Waals surface area contributed by atoms with Gasteiger partial charge in [-0.25, -0.2) is 14.8 Å². The molecule has 0 saturated carbocycles. The van der Waals surface area contributed by atoms with E-state index in [0.29, 0.717) is 26.3 Å². The monoisotopic (exact) mass is 413 g/mol. The Morgan fingerprint density at radius 2 is 1.80 bits per heavy atom. The second-order valence-corrected chi connectivity index (χ2v) is 7.65. The van der Waals surface area contributed by atoms with E-state index in [1.54, 1.807) is 7.11 Å². The Hall–Kier alpha value is -2.87. The fourth-order valence-electron chi connectivity index (χ4n) is 3.21. The fourth-order valence-corrected chi connectivity index (χ4v) is 3.21. The quantitative estimate of drug-likeness (QED) is 0.702. The average Bonchev–Trinajstić information content (AvgIpc) is 2.75. The molecule has 8 heteroatoms. The number of rotatable bonds is 7. The number of hydrogen-bond acceptors (Lipinski definition) is 6. The standard InChI is InChI=1S/C22H31N5O3/c1-16(2)21-23-17(3)15-20(25-21)26-9-11-27(12-10-26)22(28)24-18-5-7-19(8-6-18)30-14-13-29-4/h5-8,15-16H,9-14H2,1-4H3,(H,24,28). The lowest BCUT2D eigenvalue weighted by Gasteiger charge is -2.35. The zero-order chi connectivity index (χ0) is 21.5. The molecule has 1 fully saturated rings. The predicted molar refractivity (Wildman–Crippen MR) is 117 cm³/mol. The summed E-state index contributed by atoms with van der Waals surface area (Å²) in [5, 5.41) is 2.96. The molecule has 2 aromatic rings. The number of carbonyl (C=O) groups excluding carboxylic acids is 1. The molecular formula is C22H31N5O3.